The Hall–Kier alpha value is -3.18. The van der Waals surface area contributed by atoms with E-state index in [1.807, 2.05) is 30.7 Å². The van der Waals surface area contributed by atoms with E-state index in [1.54, 1.807) is 6.20 Å². The zero-order valence-corrected chi connectivity index (χ0v) is 25.7. The molecule has 39 heavy (non-hydrogen) atoms. The predicted octanol–water partition coefficient (Wildman–Crippen LogP) is 6.22. The van der Waals surface area contributed by atoms with E-state index in [2.05, 4.69) is 90.1 Å². The van der Waals surface area contributed by atoms with Crippen LogP contribution in [-0.4, -0.2) is 25.1 Å². The van der Waals surface area contributed by atoms with Crippen molar-refractivity contribution in [1.82, 2.24) is 35.3 Å². The molecule has 0 spiro atoms. The second kappa shape index (κ2) is 11.5. The maximum atomic E-state index is 4.98. The molecule has 1 aliphatic rings. The third-order valence-corrected chi connectivity index (χ3v) is 6.97. The van der Waals surface area contributed by atoms with Crippen LogP contribution in [0, 0.1) is 0 Å². The summed E-state index contributed by atoms with van der Waals surface area (Å²) in [5.74, 6) is 0. The molecule has 204 valence electrons. The van der Waals surface area contributed by atoms with Gasteiger partial charge in [0.05, 0.1) is 11.4 Å². The van der Waals surface area contributed by atoms with E-state index in [4.69, 9.17) is 4.98 Å². The SMILES string of the molecule is CC(C)(C)c1cc(-c2nc(-c3[n-]nc4c3CCCC4)cc3cnccc23)[n-]n1.CC(C)(C)c1ccncc1.[Pt+2]. The Morgan fingerprint density at radius 2 is 1.49 bits per heavy atom. The summed E-state index contributed by atoms with van der Waals surface area (Å²) >= 11 is 0. The minimum atomic E-state index is -0.0591. The van der Waals surface area contributed by atoms with Gasteiger partial charge in [0.25, 0.3) is 0 Å². The van der Waals surface area contributed by atoms with Crippen molar-refractivity contribution >= 4 is 10.8 Å². The molecule has 0 fully saturated rings. The first-order valence-electron chi connectivity index (χ1n) is 13.3. The summed E-state index contributed by atoms with van der Waals surface area (Å²) in [4.78, 5) is 13.2. The van der Waals surface area contributed by atoms with Gasteiger partial charge in [0.2, 0.25) is 0 Å². The molecule has 0 unspecified atom stereocenters. The molecule has 0 aromatic carbocycles. The first-order chi connectivity index (χ1) is 18.1. The van der Waals surface area contributed by atoms with Crippen LogP contribution >= 0.6 is 0 Å². The number of hydrogen-bond donors (Lipinski definition) is 0. The van der Waals surface area contributed by atoms with Crippen LogP contribution in [0.5, 0.6) is 0 Å². The number of fused-ring (bicyclic) bond motifs is 2. The van der Waals surface area contributed by atoms with Crippen molar-refractivity contribution in [2.45, 2.75) is 78.1 Å². The molecule has 0 aliphatic heterocycles. The first kappa shape index (κ1) is 28.8. The van der Waals surface area contributed by atoms with Gasteiger partial charge in [-0.2, -0.15) is 0 Å². The molecular formula is C31H35N7Pt. The third-order valence-electron chi connectivity index (χ3n) is 6.97. The van der Waals surface area contributed by atoms with Gasteiger partial charge < -0.3 is 20.4 Å². The van der Waals surface area contributed by atoms with Gasteiger partial charge in [0, 0.05) is 52.4 Å². The van der Waals surface area contributed by atoms with Gasteiger partial charge in [-0.3, -0.25) is 15.0 Å². The smallest absolute Gasteiger partial charge is 0.573 e. The number of nitrogens with zero attached hydrogens (tertiary/aromatic N) is 7. The van der Waals surface area contributed by atoms with Gasteiger partial charge in [0.1, 0.15) is 0 Å². The van der Waals surface area contributed by atoms with E-state index in [1.165, 1.54) is 24.0 Å². The van der Waals surface area contributed by atoms with Crippen molar-refractivity contribution in [2.24, 2.45) is 0 Å². The first-order valence-corrected chi connectivity index (χ1v) is 13.3. The number of hydrogen-bond acceptors (Lipinski definition) is 5. The number of pyridine rings is 3. The van der Waals surface area contributed by atoms with Crippen LogP contribution in [-0.2, 0) is 44.7 Å². The minimum Gasteiger partial charge on any atom is -0.573 e. The van der Waals surface area contributed by atoms with Crippen LogP contribution in [0.3, 0.4) is 0 Å². The van der Waals surface area contributed by atoms with Crippen molar-refractivity contribution in [2.75, 3.05) is 0 Å². The Morgan fingerprint density at radius 1 is 0.769 bits per heavy atom. The van der Waals surface area contributed by atoms with Crippen LogP contribution < -0.4 is 10.2 Å². The molecule has 0 N–H and O–H groups in total. The van der Waals surface area contributed by atoms with E-state index in [0.717, 1.165) is 57.8 Å². The summed E-state index contributed by atoms with van der Waals surface area (Å²) in [6.07, 6.45) is 11.7. The van der Waals surface area contributed by atoms with E-state index >= 15 is 0 Å². The fraction of sp³-hybridized carbons (Fsp3) is 0.387. The molecule has 0 saturated heterocycles. The van der Waals surface area contributed by atoms with Gasteiger partial charge in [-0.05, 0) is 66.5 Å². The van der Waals surface area contributed by atoms with Crippen molar-refractivity contribution in [3.05, 3.63) is 77.6 Å². The normalized spacial score (nSPS) is 13.3. The molecular weight excluding hydrogens is 665 g/mol. The van der Waals surface area contributed by atoms with E-state index in [-0.39, 0.29) is 31.9 Å². The monoisotopic (exact) mass is 700 g/mol. The topological polar surface area (TPSA) is 92.7 Å². The molecule has 5 heterocycles. The summed E-state index contributed by atoms with van der Waals surface area (Å²) < 4.78 is 0. The zero-order chi connectivity index (χ0) is 26.9. The van der Waals surface area contributed by atoms with Crippen LogP contribution in [0.4, 0.5) is 0 Å². The molecule has 7 nitrogen and oxygen atoms in total. The molecule has 0 radical (unpaired) electrons. The number of rotatable bonds is 2. The maximum absolute atomic E-state index is 4.98. The summed E-state index contributed by atoms with van der Waals surface area (Å²) in [7, 11) is 0. The maximum Gasteiger partial charge on any atom is 2.00 e. The molecule has 0 amide bonds. The fourth-order valence-electron chi connectivity index (χ4n) is 4.67. The van der Waals surface area contributed by atoms with Crippen LogP contribution in [0.2, 0.25) is 0 Å². The zero-order valence-electron chi connectivity index (χ0n) is 23.5. The fourth-order valence-corrected chi connectivity index (χ4v) is 4.67. The van der Waals surface area contributed by atoms with Gasteiger partial charge in [-0.1, -0.05) is 59.0 Å². The van der Waals surface area contributed by atoms with Gasteiger partial charge in [-0.25, -0.2) is 0 Å². The largest absolute Gasteiger partial charge is 2.00 e. The van der Waals surface area contributed by atoms with Gasteiger partial charge in [-0.15, -0.1) is 0 Å². The Kier molecular flexibility index (Phi) is 8.50. The molecule has 0 bridgehead atoms. The Bertz CT molecular complexity index is 1540. The molecule has 6 rings (SSSR count). The second-order valence-corrected chi connectivity index (χ2v) is 12.0. The average Bonchev–Trinajstić information content (AvgIpc) is 3.57. The summed E-state index contributed by atoms with van der Waals surface area (Å²) in [5, 5.41) is 19.8. The van der Waals surface area contributed by atoms with Crippen molar-refractivity contribution in [3.63, 3.8) is 0 Å². The van der Waals surface area contributed by atoms with Crippen LogP contribution in [0.1, 0.15) is 76.9 Å². The Labute approximate surface area is 245 Å². The van der Waals surface area contributed by atoms with Crippen molar-refractivity contribution in [1.29, 1.82) is 0 Å². The summed E-state index contributed by atoms with van der Waals surface area (Å²) in [5.41, 5.74) is 8.21. The summed E-state index contributed by atoms with van der Waals surface area (Å²) in [6, 6.07) is 10.2. The van der Waals surface area contributed by atoms with E-state index < -0.39 is 0 Å². The van der Waals surface area contributed by atoms with Crippen molar-refractivity contribution < 1.29 is 21.1 Å². The number of aryl methyl sites for hydroxylation is 1. The molecule has 0 atom stereocenters. The molecule has 1 aliphatic carbocycles. The minimum absolute atomic E-state index is 0. The summed E-state index contributed by atoms with van der Waals surface area (Å²) in [6.45, 7) is 13.0. The van der Waals surface area contributed by atoms with E-state index in [0.29, 0.717) is 0 Å². The van der Waals surface area contributed by atoms with Gasteiger partial charge >= 0.3 is 21.1 Å². The standard InChI is InChI=1S/C22H22N6.C9H13N.Pt/c1-22(2,3)19-11-18(26-27-19)20-14-8-9-23-12-13(14)10-17(24-20)21-15-6-4-5-7-16(15)25-28-21;1-9(2,3)8-4-6-10-7-5-8;/h8-12H,4-7H2,1-3H3;4-7H,1-3H3;/q-2;;+2. The number of aromatic nitrogens is 7. The van der Waals surface area contributed by atoms with Crippen LogP contribution in [0.25, 0.3) is 33.5 Å². The second-order valence-electron chi connectivity index (χ2n) is 12.0. The Morgan fingerprint density at radius 3 is 2.15 bits per heavy atom. The molecule has 0 saturated carbocycles. The molecule has 5 aromatic rings. The quantitative estimate of drug-likeness (QED) is 0.216. The predicted molar refractivity (Wildman–Crippen MR) is 151 cm³/mol. The molecule has 8 heteroatoms. The van der Waals surface area contributed by atoms with Gasteiger partial charge in [0.15, 0.2) is 0 Å². The van der Waals surface area contributed by atoms with E-state index in [9.17, 15) is 0 Å². The van der Waals surface area contributed by atoms with Crippen LogP contribution in [0.15, 0.2) is 55.1 Å². The Balaban J connectivity index is 0.000000273. The molecule has 5 aromatic heterocycles. The third kappa shape index (κ3) is 6.35. The van der Waals surface area contributed by atoms with Crippen molar-refractivity contribution in [3.8, 4) is 22.8 Å². The average molecular weight is 701 g/mol.